The summed E-state index contributed by atoms with van der Waals surface area (Å²) in [5.41, 5.74) is 1.50. The molecule has 1 aliphatic rings. The van der Waals surface area contributed by atoms with E-state index < -0.39 is 14.9 Å². The summed E-state index contributed by atoms with van der Waals surface area (Å²) in [7, 11) is -3.98. The van der Waals surface area contributed by atoms with Crippen molar-refractivity contribution in [2.24, 2.45) is 0 Å². The Morgan fingerprint density at radius 1 is 1.03 bits per heavy atom. The van der Waals surface area contributed by atoms with Crippen molar-refractivity contribution in [3.8, 4) is 0 Å². The molecule has 0 atom stereocenters. The van der Waals surface area contributed by atoms with Crippen LogP contribution < -0.4 is 14.9 Å². The first-order valence-electron chi connectivity index (χ1n) is 10.1. The molecule has 1 saturated heterocycles. The van der Waals surface area contributed by atoms with Gasteiger partial charge in [0.1, 0.15) is 5.82 Å². The second-order valence-electron chi connectivity index (χ2n) is 7.35. The number of aryl methyl sites for hydroxylation is 1. The van der Waals surface area contributed by atoms with Crippen LogP contribution in [0.1, 0.15) is 5.69 Å². The van der Waals surface area contributed by atoms with Crippen LogP contribution in [-0.2, 0) is 14.8 Å². The van der Waals surface area contributed by atoms with Gasteiger partial charge in [-0.3, -0.25) is 14.8 Å². The molecular formula is C21H22N6O5S. The third-order valence-corrected chi connectivity index (χ3v) is 6.29. The smallest absolute Gasteiger partial charge is 0.270 e. The average Bonchev–Trinajstić information content (AvgIpc) is 2.80. The predicted molar refractivity (Wildman–Crippen MR) is 123 cm³/mol. The molecule has 12 heteroatoms. The molecule has 4 rings (SSSR count). The van der Waals surface area contributed by atoms with Gasteiger partial charge in [0.15, 0.2) is 0 Å². The van der Waals surface area contributed by atoms with Crippen LogP contribution in [-0.4, -0.2) is 49.6 Å². The maximum absolute atomic E-state index is 12.6. The van der Waals surface area contributed by atoms with Gasteiger partial charge in [-0.05, 0) is 37.3 Å². The Bertz CT molecular complexity index is 1260. The quantitative estimate of drug-likeness (QED) is 0.394. The van der Waals surface area contributed by atoms with Crippen molar-refractivity contribution < 1.29 is 18.1 Å². The number of hydrogen-bond donors (Lipinski definition) is 2. The van der Waals surface area contributed by atoms with Gasteiger partial charge < -0.3 is 15.0 Å². The molecule has 0 unspecified atom stereocenters. The normalized spacial score (nSPS) is 14.0. The number of sulfonamides is 1. The molecule has 2 aromatic carbocycles. The van der Waals surface area contributed by atoms with Gasteiger partial charge in [0.2, 0.25) is 5.95 Å². The minimum absolute atomic E-state index is 0.192. The minimum Gasteiger partial charge on any atom is -0.378 e. The van der Waals surface area contributed by atoms with Crippen molar-refractivity contribution in [3.63, 3.8) is 0 Å². The van der Waals surface area contributed by atoms with Crippen molar-refractivity contribution >= 4 is 38.9 Å². The zero-order valence-electron chi connectivity index (χ0n) is 17.8. The fourth-order valence-electron chi connectivity index (χ4n) is 3.29. The van der Waals surface area contributed by atoms with E-state index in [9.17, 15) is 18.5 Å². The SMILES string of the molecule is Cc1cc(N2CCOCC2)nc(Nc2ccc(NS(=O)(=O)c3cccc([N+](=O)[O-])c3)cc2)n1. The highest BCUT2D eigenvalue weighted by molar-refractivity contribution is 7.92. The number of nitrogens with one attached hydrogen (secondary N) is 2. The van der Waals surface area contributed by atoms with Crippen LogP contribution >= 0.6 is 0 Å². The lowest BCUT2D eigenvalue weighted by Gasteiger charge is -2.28. The van der Waals surface area contributed by atoms with E-state index in [1.165, 1.54) is 18.2 Å². The third-order valence-electron chi connectivity index (χ3n) is 4.91. The Balaban J connectivity index is 1.47. The highest BCUT2D eigenvalue weighted by Crippen LogP contribution is 2.23. The summed E-state index contributed by atoms with van der Waals surface area (Å²) < 4.78 is 33.0. The Morgan fingerprint density at radius 3 is 2.42 bits per heavy atom. The topological polar surface area (TPSA) is 140 Å². The average molecular weight is 471 g/mol. The van der Waals surface area contributed by atoms with Crippen molar-refractivity contribution in [1.29, 1.82) is 0 Å². The molecule has 0 amide bonds. The van der Waals surface area contributed by atoms with E-state index in [0.717, 1.165) is 30.7 Å². The number of nitro groups is 1. The number of aromatic nitrogens is 2. The first kappa shape index (κ1) is 22.4. The number of hydrogen-bond acceptors (Lipinski definition) is 9. The van der Waals surface area contributed by atoms with Crippen molar-refractivity contribution in [1.82, 2.24) is 9.97 Å². The highest BCUT2D eigenvalue weighted by atomic mass is 32.2. The Kier molecular flexibility index (Phi) is 6.38. The summed E-state index contributed by atoms with van der Waals surface area (Å²) in [5, 5.41) is 14.1. The molecule has 33 heavy (non-hydrogen) atoms. The zero-order chi connectivity index (χ0) is 23.4. The van der Waals surface area contributed by atoms with Gasteiger partial charge in [-0.25, -0.2) is 13.4 Å². The van der Waals surface area contributed by atoms with Gasteiger partial charge in [0, 0.05) is 48.4 Å². The minimum atomic E-state index is -3.98. The van der Waals surface area contributed by atoms with Crippen LogP contribution in [0.25, 0.3) is 0 Å². The van der Waals surface area contributed by atoms with Crippen molar-refractivity contribution in [2.75, 3.05) is 41.2 Å². The maximum atomic E-state index is 12.6. The molecule has 1 fully saturated rings. The van der Waals surface area contributed by atoms with E-state index in [2.05, 4.69) is 24.9 Å². The number of rotatable bonds is 7. The van der Waals surface area contributed by atoms with Gasteiger partial charge >= 0.3 is 0 Å². The van der Waals surface area contributed by atoms with Gasteiger partial charge in [-0.1, -0.05) is 6.07 Å². The monoisotopic (exact) mass is 470 g/mol. The Hall–Kier alpha value is -3.77. The number of morpholine rings is 1. The first-order valence-corrected chi connectivity index (χ1v) is 11.6. The lowest BCUT2D eigenvalue weighted by molar-refractivity contribution is -0.385. The summed E-state index contributed by atoms with van der Waals surface area (Å²) in [6.45, 7) is 4.71. The predicted octanol–water partition coefficient (Wildman–Crippen LogP) is 3.07. The lowest BCUT2D eigenvalue weighted by atomic mass is 10.3. The molecule has 2 heterocycles. The largest absolute Gasteiger partial charge is 0.378 e. The van der Waals surface area contributed by atoms with Crippen LogP contribution in [0.3, 0.4) is 0 Å². The fraction of sp³-hybridized carbons (Fsp3) is 0.238. The van der Waals surface area contributed by atoms with E-state index in [-0.39, 0.29) is 10.6 Å². The van der Waals surface area contributed by atoms with E-state index in [0.29, 0.717) is 30.5 Å². The van der Waals surface area contributed by atoms with E-state index in [1.54, 1.807) is 24.3 Å². The third kappa shape index (κ3) is 5.54. The number of non-ortho nitro benzene ring substituents is 1. The van der Waals surface area contributed by atoms with Gasteiger partial charge in [-0.2, -0.15) is 4.98 Å². The summed E-state index contributed by atoms with van der Waals surface area (Å²) in [6.07, 6.45) is 0. The molecule has 11 nitrogen and oxygen atoms in total. The molecule has 1 aromatic heterocycles. The lowest BCUT2D eigenvalue weighted by Crippen LogP contribution is -2.36. The number of ether oxygens (including phenoxy) is 1. The molecule has 2 N–H and O–H groups in total. The van der Waals surface area contributed by atoms with E-state index in [1.807, 2.05) is 13.0 Å². The molecule has 3 aromatic rings. The molecule has 1 aliphatic heterocycles. The molecular weight excluding hydrogens is 448 g/mol. The summed E-state index contributed by atoms with van der Waals surface area (Å²) in [6, 6.07) is 13.3. The first-order chi connectivity index (χ1) is 15.8. The van der Waals surface area contributed by atoms with Crippen LogP contribution in [0, 0.1) is 17.0 Å². The molecule has 0 bridgehead atoms. The van der Waals surface area contributed by atoms with Crippen LogP contribution in [0.2, 0.25) is 0 Å². The Morgan fingerprint density at radius 2 is 1.73 bits per heavy atom. The van der Waals surface area contributed by atoms with Gasteiger partial charge in [0.05, 0.1) is 23.0 Å². The molecule has 0 aliphatic carbocycles. The van der Waals surface area contributed by atoms with Crippen LogP contribution in [0.15, 0.2) is 59.5 Å². The Labute approximate surface area is 190 Å². The molecule has 0 radical (unpaired) electrons. The molecule has 0 spiro atoms. The van der Waals surface area contributed by atoms with Gasteiger partial charge in [0.25, 0.3) is 15.7 Å². The van der Waals surface area contributed by atoms with Crippen molar-refractivity contribution in [3.05, 3.63) is 70.4 Å². The number of nitro benzene ring substituents is 1. The number of nitrogens with zero attached hydrogens (tertiary/aromatic N) is 4. The highest BCUT2D eigenvalue weighted by Gasteiger charge is 2.18. The fourth-order valence-corrected chi connectivity index (χ4v) is 4.39. The van der Waals surface area contributed by atoms with E-state index in [4.69, 9.17) is 4.74 Å². The standard InChI is InChI=1S/C21H22N6O5S/c1-15-13-20(26-9-11-32-12-10-26)24-21(22-15)23-16-5-7-17(8-6-16)25-33(30,31)19-4-2-3-18(14-19)27(28)29/h2-8,13-14,25H,9-12H2,1H3,(H,22,23,24). The summed E-state index contributed by atoms with van der Waals surface area (Å²) in [5.74, 6) is 1.25. The summed E-state index contributed by atoms with van der Waals surface area (Å²) >= 11 is 0. The second kappa shape index (κ2) is 9.38. The van der Waals surface area contributed by atoms with Crippen molar-refractivity contribution in [2.45, 2.75) is 11.8 Å². The summed E-state index contributed by atoms with van der Waals surface area (Å²) in [4.78, 5) is 21.2. The second-order valence-corrected chi connectivity index (χ2v) is 9.04. The maximum Gasteiger partial charge on any atom is 0.270 e. The molecule has 172 valence electrons. The van der Waals surface area contributed by atoms with E-state index >= 15 is 0 Å². The number of benzene rings is 2. The number of anilines is 4. The van der Waals surface area contributed by atoms with Gasteiger partial charge in [-0.15, -0.1) is 0 Å². The zero-order valence-corrected chi connectivity index (χ0v) is 18.6. The molecule has 0 saturated carbocycles. The van der Waals surface area contributed by atoms with Crippen LogP contribution in [0.5, 0.6) is 0 Å². The van der Waals surface area contributed by atoms with Crippen LogP contribution in [0.4, 0.5) is 28.8 Å².